The lowest BCUT2D eigenvalue weighted by Gasteiger charge is -2.18. The van der Waals surface area contributed by atoms with Crippen molar-refractivity contribution >= 4 is 17.5 Å². The lowest BCUT2D eigenvalue weighted by atomic mass is 10.0. The number of anilines is 1. The number of carbonyl (C=O) groups is 2. The van der Waals surface area contributed by atoms with Gasteiger partial charge in [-0.3, -0.25) is 9.59 Å². The first-order chi connectivity index (χ1) is 14.5. The van der Waals surface area contributed by atoms with Gasteiger partial charge in [0.05, 0.1) is 5.69 Å². The first-order valence-electron chi connectivity index (χ1n) is 10.1. The number of nitrogens with one attached hydrogen (secondary N) is 2. The van der Waals surface area contributed by atoms with Crippen molar-refractivity contribution in [1.29, 1.82) is 0 Å². The van der Waals surface area contributed by atoms with Gasteiger partial charge in [-0.25, -0.2) is 0 Å². The number of amides is 2. The Morgan fingerprint density at radius 1 is 1.13 bits per heavy atom. The Hall–Kier alpha value is -3.54. The average molecular weight is 403 g/mol. The molecule has 0 atom stereocenters. The molecule has 2 aromatic carbocycles. The molecular weight excluding hydrogens is 378 g/mol. The van der Waals surface area contributed by atoms with Gasteiger partial charge in [0, 0.05) is 19.8 Å². The molecule has 0 radical (unpaired) electrons. The standard InChI is InChI=1S/C24H25N3O3/c1-16-12-21(27(2)14-16)24(29)25-11-3-4-17-5-7-18(8-6-17)19-9-10-20-22(13-19)30-15-23(28)26-20/h5-10,12-14H,3-4,11,15H2,1-2H3,(H,25,29)(H,26,28). The third kappa shape index (κ3) is 4.38. The van der Waals surface area contributed by atoms with E-state index in [1.165, 1.54) is 5.56 Å². The molecule has 1 aliphatic rings. The minimum Gasteiger partial charge on any atom is -0.482 e. The van der Waals surface area contributed by atoms with Crippen LogP contribution in [0.2, 0.25) is 0 Å². The number of nitrogens with zero attached hydrogens (tertiary/aromatic N) is 1. The predicted molar refractivity (Wildman–Crippen MR) is 117 cm³/mol. The quantitative estimate of drug-likeness (QED) is 0.617. The van der Waals surface area contributed by atoms with Crippen LogP contribution < -0.4 is 15.4 Å². The van der Waals surface area contributed by atoms with E-state index in [0.717, 1.165) is 29.5 Å². The molecule has 0 bridgehead atoms. The van der Waals surface area contributed by atoms with Gasteiger partial charge in [0.2, 0.25) is 0 Å². The topological polar surface area (TPSA) is 72.4 Å². The van der Waals surface area contributed by atoms with E-state index in [4.69, 9.17) is 4.74 Å². The average Bonchev–Trinajstić information content (AvgIpc) is 3.09. The first-order valence-corrected chi connectivity index (χ1v) is 10.1. The highest BCUT2D eigenvalue weighted by Crippen LogP contribution is 2.32. The van der Waals surface area contributed by atoms with Crippen molar-refractivity contribution in [3.63, 3.8) is 0 Å². The van der Waals surface area contributed by atoms with E-state index < -0.39 is 0 Å². The second-order valence-electron chi connectivity index (χ2n) is 7.62. The van der Waals surface area contributed by atoms with Crippen molar-refractivity contribution in [1.82, 2.24) is 9.88 Å². The van der Waals surface area contributed by atoms with E-state index in [9.17, 15) is 9.59 Å². The minimum absolute atomic E-state index is 0.0354. The number of rotatable bonds is 6. The molecule has 2 heterocycles. The van der Waals surface area contributed by atoms with Gasteiger partial charge in [-0.1, -0.05) is 30.3 Å². The van der Waals surface area contributed by atoms with E-state index in [0.29, 0.717) is 23.7 Å². The van der Waals surface area contributed by atoms with Crippen LogP contribution in [-0.4, -0.2) is 29.5 Å². The second-order valence-corrected chi connectivity index (χ2v) is 7.62. The van der Waals surface area contributed by atoms with Gasteiger partial charge in [0.25, 0.3) is 11.8 Å². The highest BCUT2D eigenvalue weighted by atomic mass is 16.5. The van der Waals surface area contributed by atoms with Crippen LogP contribution >= 0.6 is 0 Å². The van der Waals surface area contributed by atoms with Crippen LogP contribution in [0.25, 0.3) is 11.1 Å². The van der Waals surface area contributed by atoms with Gasteiger partial charge in [0.1, 0.15) is 11.4 Å². The van der Waals surface area contributed by atoms with Gasteiger partial charge >= 0.3 is 0 Å². The number of ether oxygens (including phenoxy) is 1. The molecule has 4 rings (SSSR count). The zero-order valence-electron chi connectivity index (χ0n) is 17.2. The molecule has 0 spiro atoms. The summed E-state index contributed by atoms with van der Waals surface area (Å²) in [6, 6.07) is 16.1. The highest BCUT2D eigenvalue weighted by molar-refractivity contribution is 5.96. The molecule has 3 aromatic rings. The second kappa shape index (κ2) is 8.45. The Bertz CT molecular complexity index is 1080. The Morgan fingerprint density at radius 2 is 1.90 bits per heavy atom. The van der Waals surface area contributed by atoms with Crippen LogP contribution in [0, 0.1) is 6.92 Å². The number of aryl methyl sites for hydroxylation is 3. The molecule has 2 amide bonds. The lowest BCUT2D eigenvalue weighted by molar-refractivity contribution is -0.118. The summed E-state index contributed by atoms with van der Waals surface area (Å²) in [4.78, 5) is 23.6. The maximum absolute atomic E-state index is 12.2. The SMILES string of the molecule is Cc1cc(C(=O)NCCCc2ccc(-c3ccc4c(c3)OCC(=O)N4)cc2)n(C)c1. The van der Waals surface area contributed by atoms with Crippen LogP contribution in [0.4, 0.5) is 5.69 Å². The summed E-state index contributed by atoms with van der Waals surface area (Å²) in [6.45, 7) is 2.67. The number of fused-ring (bicyclic) bond motifs is 1. The number of aromatic nitrogens is 1. The summed E-state index contributed by atoms with van der Waals surface area (Å²) < 4.78 is 7.35. The van der Waals surface area contributed by atoms with E-state index in [2.05, 4.69) is 34.9 Å². The van der Waals surface area contributed by atoms with Crippen molar-refractivity contribution in [3.8, 4) is 16.9 Å². The highest BCUT2D eigenvalue weighted by Gasteiger charge is 2.16. The van der Waals surface area contributed by atoms with Crippen molar-refractivity contribution in [2.75, 3.05) is 18.5 Å². The molecule has 0 aliphatic carbocycles. The fourth-order valence-electron chi connectivity index (χ4n) is 3.66. The summed E-state index contributed by atoms with van der Waals surface area (Å²) >= 11 is 0. The normalized spacial score (nSPS) is 12.7. The monoisotopic (exact) mass is 403 g/mol. The molecule has 0 unspecified atom stereocenters. The molecule has 30 heavy (non-hydrogen) atoms. The number of hydrogen-bond acceptors (Lipinski definition) is 3. The lowest BCUT2D eigenvalue weighted by Crippen LogP contribution is -2.26. The molecule has 0 saturated carbocycles. The van der Waals surface area contributed by atoms with Crippen LogP contribution in [0.1, 0.15) is 28.0 Å². The molecular formula is C24H25N3O3. The van der Waals surface area contributed by atoms with Gasteiger partial charge in [0.15, 0.2) is 6.61 Å². The Labute approximate surface area is 175 Å². The zero-order chi connectivity index (χ0) is 21.1. The molecule has 1 aromatic heterocycles. The number of hydrogen-bond donors (Lipinski definition) is 2. The summed E-state index contributed by atoms with van der Waals surface area (Å²) in [7, 11) is 1.88. The molecule has 0 fully saturated rings. The molecule has 154 valence electrons. The Balaban J connectivity index is 1.30. The zero-order valence-corrected chi connectivity index (χ0v) is 17.2. The fourth-order valence-corrected chi connectivity index (χ4v) is 3.66. The van der Waals surface area contributed by atoms with Gasteiger partial charge in [-0.2, -0.15) is 0 Å². The number of carbonyl (C=O) groups excluding carboxylic acids is 2. The molecule has 0 saturated heterocycles. The van der Waals surface area contributed by atoms with Crippen molar-refractivity contribution in [2.45, 2.75) is 19.8 Å². The largest absolute Gasteiger partial charge is 0.482 e. The number of benzene rings is 2. The minimum atomic E-state index is -0.130. The van der Waals surface area contributed by atoms with E-state index in [-0.39, 0.29) is 18.4 Å². The van der Waals surface area contributed by atoms with Gasteiger partial charge in [-0.05, 0) is 60.2 Å². The summed E-state index contributed by atoms with van der Waals surface area (Å²) in [5.74, 6) is 0.529. The molecule has 1 aliphatic heterocycles. The van der Waals surface area contributed by atoms with Gasteiger partial charge < -0.3 is 19.9 Å². The fraction of sp³-hybridized carbons (Fsp3) is 0.250. The van der Waals surface area contributed by atoms with E-state index in [1.807, 2.05) is 49.0 Å². The summed E-state index contributed by atoms with van der Waals surface area (Å²) in [5, 5.41) is 5.79. The molecule has 6 heteroatoms. The Kier molecular flexibility index (Phi) is 5.57. The first kappa shape index (κ1) is 19.8. The van der Waals surface area contributed by atoms with Crippen LogP contribution in [0.3, 0.4) is 0 Å². The van der Waals surface area contributed by atoms with Gasteiger partial charge in [-0.15, -0.1) is 0 Å². The Morgan fingerprint density at radius 3 is 2.63 bits per heavy atom. The van der Waals surface area contributed by atoms with Crippen molar-refractivity contribution in [2.24, 2.45) is 7.05 Å². The van der Waals surface area contributed by atoms with E-state index >= 15 is 0 Å². The molecule has 6 nitrogen and oxygen atoms in total. The van der Waals surface area contributed by atoms with Crippen LogP contribution in [0.15, 0.2) is 54.7 Å². The van der Waals surface area contributed by atoms with E-state index in [1.54, 1.807) is 0 Å². The summed E-state index contributed by atoms with van der Waals surface area (Å²) in [5.41, 5.74) is 5.84. The van der Waals surface area contributed by atoms with Crippen LogP contribution in [-0.2, 0) is 18.3 Å². The maximum Gasteiger partial charge on any atom is 0.267 e. The van der Waals surface area contributed by atoms with Crippen molar-refractivity contribution < 1.29 is 14.3 Å². The molecule has 2 N–H and O–H groups in total. The summed E-state index contributed by atoms with van der Waals surface area (Å²) in [6.07, 6.45) is 3.72. The van der Waals surface area contributed by atoms with Crippen molar-refractivity contribution in [3.05, 3.63) is 71.5 Å². The third-order valence-electron chi connectivity index (χ3n) is 5.20. The van der Waals surface area contributed by atoms with Crippen LogP contribution in [0.5, 0.6) is 5.75 Å². The predicted octanol–water partition coefficient (Wildman–Crippen LogP) is 3.69. The third-order valence-corrected chi connectivity index (χ3v) is 5.20. The smallest absolute Gasteiger partial charge is 0.267 e. The maximum atomic E-state index is 12.2.